The SMILES string of the molecule is O=C(Cn1c(-c2ccc3c(c2)OCO3)nc2ccccc21)c1ccccc1. The standard InChI is InChI=1S/C22H16N2O3/c25-19(15-6-2-1-3-7-15)13-24-18-9-5-4-8-17(18)23-22(24)16-10-11-20-21(12-16)27-14-26-20/h1-12H,13-14H2. The number of carbonyl (C=O) groups excluding carboxylic acids is 1. The van der Waals surface area contributed by atoms with E-state index in [1.807, 2.05) is 77.4 Å². The monoisotopic (exact) mass is 356 g/mol. The van der Waals surface area contributed by atoms with Gasteiger partial charge in [0, 0.05) is 11.1 Å². The number of ketones is 1. The Morgan fingerprint density at radius 3 is 2.59 bits per heavy atom. The Morgan fingerprint density at radius 2 is 1.70 bits per heavy atom. The van der Waals surface area contributed by atoms with Gasteiger partial charge in [0.2, 0.25) is 6.79 Å². The smallest absolute Gasteiger partial charge is 0.231 e. The molecule has 3 aromatic carbocycles. The number of Topliss-reactive ketones (excluding diaryl/α,β-unsaturated/α-hetero) is 1. The van der Waals surface area contributed by atoms with Gasteiger partial charge in [0.1, 0.15) is 5.82 Å². The lowest BCUT2D eigenvalue weighted by atomic mass is 10.1. The number of rotatable bonds is 4. The summed E-state index contributed by atoms with van der Waals surface area (Å²) in [5.74, 6) is 2.20. The van der Waals surface area contributed by atoms with Crippen molar-refractivity contribution in [1.29, 1.82) is 0 Å². The van der Waals surface area contributed by atoms with Gasteiger partial charge in [0.25, 0.3) is 0 Å². The van der Waals surface area contributed by atoms with E-state index in [0.717, 1.165) is 28.2 Å². The van der Waals surface area contributed by atoms with Crippen LogP contribution < -0.4 is 9.47 Å². The molecule has 0 fully saturated rings. The van der Waals surface area contributed by atoms with Crippen molar-refractivity contribution in [2.24, 2.45) is 0 Å². The maximum absolute atomic E-state index is 12.8. The number of fused-ring (bicyclic) bond motifs is 2. The van der Waals surface area contributed by atoms with Crippen molar-refractivity contribution in [3.8, 4) is 22.9 Å². The largest absolute Gasteiger partial charge is 0.454 e. The fourth-order valence-electron chi connectivity index (χ4n) is 3.35. The third-order valence-electron chi connectivity index (χ3n) is 4.68. The summed E-state index contributed by atoms with van der Waals surface area (Å²) in [5, 5.41) is 0. The van der Waals surface area contributed by atoms with Crippen LogP contribution in [0.25, 0.3) is 22.4 Å². The summed E-state index contributed by atoms with van der Waals surface area (Å²) in [6, 6.07) is 22.9. The number of carbonyl (C=O) groups is 1. The van der Waals surface area contributed by atoms with E-state index in [1.165, 1.54) is 0 Å². The molecule has 5 nitrogen and oxygen atoms in total. The van der Waals surface area contributed by atoms with Crippen LogP contribution in [-0.4, -0.2) is 22.1 Å². The number of para-hydroxylation sites is 2. The molecule has 0 unspecified atom stereocenters. The maximum atomic E-state index is 12.8. The van der Waals surface area contributed by atoms with Crippen LogP contribution in [0.2, 0.25) is 0 Å². The van der Waals surface area contributed by atoms with Crippen molar-refractivity contribution < 1.29 is 14.3 Å². The van der Waals surface area contributed by atoms with E-state index < -0.39 is 0 Å². The predicted octanol–water partition coefficient (Wildman–Crippen LogP) is 4.31. The van der Waals surface area contributed by atoms with Crippen molar-refractivity contribution in [3.05, 3.63) is 78.4 Å². The van der Waals surface area contributed by atoms with Gasteiger partial charge in [0.05, 0.1) is 17.6 Å². The van der Waals surface area contributed by atoms with Crippen molar-refractivity contribution in [2.75, 3.05) is 6.79 Å². The van der Waals surface area contributed by atoms with Crippen LogP contribution >= 0.6 is 0 Å². The molecule has 0 radical (unpaired) electrons. The molecule has 132 valence electrons. The molecule has 4 aromatic rings. The van der Waals surface area contributed by atoms with Crippen molar-refractivity contribution in [1.82, 2.24) is 9.55 Å². The molecule has 0 aliphatic carbocycles. The quantitative estimate of drug-likeness (QED) is 0.511. The van der Waals surface area contributed by atoms with Gasteiger partial charge in [0.15, 0.2) is 17.3 Å². The van der Waals surface area contributed by atoms with Gasteiger partial charge in [-0.1, -0.05) is 42.5 Å². The minimum atomic E-state index is 0.0424. The molecule has 1 aromatic heterocycles. The topological polar surface area (TPSA) is 53.4 Å². The van der Waals surface area contributed by atoms with Gasteiger partial charge < -0.3 is 14.0 Å². The van der Waals surface area contributed by atoms with Crippen LogP contribution in [0.5, 0.6) is 11.5 Å². The second kappa shape index (κ2) is 6.29. The Morgan fingerprint density at radius 1 is 0.926 bits per heavy atom. The molecule has 5 heteroatoms. The van der Waals surface area contributed by atoms with Gasteiger partial charge in [-0.15, -0.1) is 0 Å². The van der Waals surface area contributed by atoms with E-state index in [1.54, 1.807) is 0 Å². The molecular formula is C22H16N2O3. The van der Waals surface area contributed by atoms with Gasteiger partial charge in [-0.25, -0.2) is 4.98 Å². The Kier molecular flexibility index (Phi) is 3.64. The second-order valence-corrected chi connectivity index (χ2v) is 6.37. The van der Waals surface area contributed by atoms with Crippen LogP contribution in [-0.2, 0) is 6.54 Å². The van der Waals surface area contributed by atoms with E-state index in [9.17, 15) is 4.79 Å². The van der Waals surface area contributed by atoms with Crippen molar-refractivity contribution >= 4 is 16.8 Å². The average molecular weight is 356 g/mol. The van der Waals surface area contributed by atoms with E-state index in [4.69, 9.17) is 14.5 Å². The van der Waals surface area contributed by atoms with Gasteiger partial charge >= 0.3 is 0 Å². The summed E-state index contributed by atoms with van der Waals surface area (Å²) in [7, 11) is 0. The molecule has 0 atom stereocenters. The van der Waals surface area contributed by atoms with E-state index in [2.05, 4.69) is 0 Å². The molecule has 0 spiro atoms. The first-order chi connectivity index (χ1) is 13.3. The zero-order chi connectivity index (χ0) is 18.2. The predicted molar refractivity (Wildman–Crippen MR) is 102 cm³/mol. The maximum Gasteiger partial charge on any atom is 0.231 e. The van der Waals surface area contributed by atoms with E-state index in [0.29, 0.717) is 11.3 Å². The first kappa shape index (κ1) is 15.6. The van der Waals surface area contributed by atoms with Crippen LogP contribution in [0, 0.1) is 0 Å². The molecule has 2 heterocycles. The van der Waals surface area contributed by atoms with Crippen LogP contribution in [0.15, 0.2) is 72.8 Å². The molecule has 0 saturated heterocycles. The fraction of sp³-hybridized carbons (Fsp3) is 0.0909. The zero-order valence-electron chi connectivity index (χ0n) is 14.5. The second-order valence-electron chi connectivity index (χ2n) is 6.37. The molecule has 5 rings (SSSR count). The lowest BCUT2D eigenvalue weighted by Gasteiger charge is -2.09. The highest BCUT2D eigenvalue weighted by Gasteiger charge is 2.19. The molecule has 1 aliphatic rings. The highest BCUT2D eigenvalue weighted by atomic mass is 16.7. The van der Waals surface area contributed by atoms with Crippen molar-refractivity contribution in [2.45, 2.75) is 6.54 Å². The molecular weight excluding hydrogens is 340 g/mol. The lowest BCUT2D eigenvalue weighted by Crippen LogP contribution is -2.11. The summed E-state index contributed by atoms with van der Waals surface area (Å²) in [6.45, 7) is 0.440. The third-order valence-corrected chi connectivity index (χ3v) is 4.68. The summed E-state index contributed by atoms with van der Waals surface area (Å²) >= 11 is 0. The summed E-state index contributed by atoms with van der Waals surface area (Å²) in [4.78, 5) is 17.6. The van der Waals surface area contributed by atoms with Crippen LogP contribution in [0.4, 0.5) is 0 Å². The zero-order valence-corrected chi connectivity index (χ0v) is 14.5. The Bertz CT molecular complexity index is 1150. The Hall–Kier alpha value is -3.60. The highest BCUT2D eigenvalue weighted by Crippen LogP contribution is 2.36. The number of aromatic nitrogens is 2. The number of imidazole rings is 1. The Labute approximate surface area is 155 Å². The van der Waals surface area contributed by atoms with Gasteiger partial charge in [-0.2, -0.15) is 0 Å². The number of benzene rings is 3. The molecule has 0 bridgehead atoms. The molecule has 0 N–H and O–H groups in total. The number of hydrogen-bond acceptors (Lipinski definition) is 4. The highest BCUT2D eigenvalue weighted by molar-refractivity contribution is 5.97. The van der Waals surface area contributed by atoms with E-state index in [-0.39, 0.29) is 19.1 Å². The first-order valence-electron chi connectivity index (χ1n) is 8.73. The van der Waals surface area contributed by atoms with Gasteiger partial charge in [-0.05, 0) is 30.3 Å². The minimum absolute atomic E-state index is 0.0424. The Balaban J connectivity index is 1.62. The fourth-order valence-corrected chi connectivity index (χ4v) is 3.35. The normalized spacial score (nSPS) is 12.4. The molecule has 1 aliphatic heterocycles. The van der Waals surface area contributed by atoms with Crippen LogP contribution in [0.3, 0.4) is 0 Å². The first-order valence-corrected chi connectivity index (χ1v) is 8.73. The number of nitrogens with zero attached hydrogens (tertiary/aromatic N) is 2. The molecule has 27 heavy (non-hydrogen) atoms. The average Bonchev–Trinajstić information content (AvgIpc) is 3.33. The molecule has 0 amide bonds. The lowest BCUT2D eigenvalue weighted by molar-refractivity contribution is 0.0974. The number of hydrogen-bond donors (Lipinski definition) is 0. The summed E-state index contributed by atoms with van der Waals surface area (Å²) < 4.78 is 12.9. The summed E-state index contributed by atoms with van der Waals surface area (Å²) in [5.41, 5.74) is 3.35. The minimum Gasteiger partial charge on any atom is -0.454 e. The van der Waals surface area contributed by atoms with Gasteiger partial charge in [-0.3, -0.25) is 4.79 Å². The van der Waals surface area contributed by atoms with Crippen LogP contribution in [0.1, 0.15) is 10.4 Å². The van der Waals surface area contributed by atoms with Crippen molar-refractivity contribution in [3.63, 3.8) is 0 Å². The number of ether oxygens (including phenoxy) is 2. The summed E-state index contributed by atoms with van der Waals surface area (Å²) in [6.07, 6.45) is 0. The third kappa shape index (κ3) is 2.73. The van der Waals surface area contributed by atoms with E-state index >= 15 is 0 Å². The molecule has 0 saturated carbocycles.